The predicted molar refractivity (Wildman–Crippen MR) is 66.3 cm³/mol. The Morgan fingerprint density at radius 1 is 1.22 bits per heavy atom. The van der Waals surface area contributed by atoms with Gasteiger partial charge in [-0.1, -0.05) is 13.7 Å². The topological polar surface area (TPSA) is 108 Å². The Labute approximate surface area is 129 Å². The minimum atomic E-state index is -5.26. The van der Waals surface area contributed by atoms with Crippen LogP contribution in [-0.2, 0) is 25.0 Å². The van der Waals surface area contributed by atoms with Crippen LogP contribution in [0.2, 0.25) is 0 Å². The van der Waals surface area contributed by atoms with Crippen molar-refractivity contribution >= 4 is 13.4 Å². The zero-order valence-corrected chi connectivity index (χ0v) is 12.8. The van der Waals surface area contributed by atoms with Crippen LogP contribution in [0.4, 0.5) is 13.2 Å². The minimum Gasteiger partial charge on any atom is -0.810 e. The molecule has 23 heavy (non-hydrogen) atoms. The van der Waals surface area contributed by atoms with E-state index in [-0.39, 0.29) is 0 Å². The number of hydrogen-bond donors (Lipinski definition) is 0. The highest BCUT2D eigenvalue weighted by Gasteiger charge is 2.42. The van der Waals surface area contributed by atoms with E-state index in [1.54, 1.807) is 0 Å². The van der Waals surface area contributed by atoms with Crippen molar-refractivity contribution in [2.45, 2.75) is 12.1 Å². The van der Waals surface area contributed by atoms with Crippen molar-refractivity contribution in [2.75, 3.05) is 20.4 Å². The number of rotatable bonds is 7. The number of ketones is 1. The quantitative estimate of drug-likeness (QED) is 0.517. The molecule has 0 saturated heterocycles. The summed E-state index contributed by atoms with van der Waals surface area (Å²) in [6.45, 7) is 0. The van der Waals surface area contributed by atoms with E-state index in [1.165, 1.54) is 0 Å². The molecule has 0 aliphatic rings. The largest absolute Gasteiger partial charge is 0.810 e. The van der Waals surface area contributed by atoms with Gasteiger partial charge < -0.3 is 28.6 Å². The number of alkyl halides is 3. The van der Waals surface area contributed by atoms with Crippen molar-refractivity contribution in [1.29, 1.82) is 0 Å². The Kier molecular flexibility index (Phi) is 5.95. The monoisotopic (exact) mass is 356 g/mol. The lowest BCUT2D eigenvalue weighted by Gasteiger charge is -2.34. The smallest absolute Gasteiger partial charge is 0.416 e. The summed E-state index contributed by atoms with van der Waals surface area (Å²) in [7, 11) is -3.46. The van der Waals surface area contributed by atoms with Crippen molar-refractivity contribution in [2.24, 2.45) is 0 Å². The Balaban J connectivity index is 3.13. The molecule has 0 atom stereocenters. The van der Waals surface area contributed by atoms with Crippen LogP contribution in [0.1, 0.15) is 5.56 Å². The van der Waals surface area contributed by atoms with Crippen molar-refractivity contribution < 1.29 is 46.5 Å². The summed E-state index contributed by atoms with van der Waals surface area (Å²) in [5.74, 6) is -4.54. The molecule has 0 fully saturated rings. The first-order chi connectivity index (χ1) is 10.4. The maximum atomic E-state index is 12.6. The van der Waals surface area contributed by atoms with Gasteiger partial charge in [0.05, 0.1) is 5.56 Å². The van der Waals surface area contributed by atoms with Crippen LogP contribution in [-0.4, -0.2) is 32.1 Å². The molecule has 0 aliphatic heterocycles. The lowest BCUT2D eigenvalue weighted by atomic mass is 10.2. The van der Waals surface area contributed by atoms with Crippen LogP contribution >= 0.6 is 7.60 Å². The second kappa shape index (κ2) is 6.98. The molecule has 0 heterocycles. The highest BCUT2D eigenvalue weighted by molar-refractivity contribution is 7.49. The van der Waals surface area contributed by atoms with E-state index in [1.807, 2.05) is 0 Å². The number of ether oxygens (including phenoxy) is 3. The summed E-state index contributed by atoms with van der Waals surface area (Å²) in [5.41, 5.74) is -1.07. The number of hydrogen-bond acceptors (Lipinski definition) is 7. The SMILES string of the molecule is COC(OC)(Oc1cccc(C(F)(F)F)c1)C(=O)CP(=O)([O-])[O-]. The molecule has 0 spiro atoms. The zero-order chi connectivity index (χ0) is 17.9. The van der Waals surface area contributed by atoms with E-state index in [4.69, 9.17) is 4.74 Å². The third kappa shape index (κ3) is 5.29. The fraction of sp³-hybridized carbons (Fsp3) is 0.417. The Hall–Kier alpha value is -1.45. The van der Waals surface area contributed by atoms with Gasteiger partial charge >= 0.3 is 12.1 Å². The molecule has 0 amide bonds. The van der Waals surface area contributed by atoms with Gasteiger partial charge in [0.25, 0.3) is 0 Å². The second-order valence-electron chi connectivity index (χ2n) is 4.28. The van der Waals surface area contributed by atoms with Gasteiger partial charge in [-0.3, -0.25) is 4.79 Å². The number of methoxy groups -OCH3 is 2. The van der Waals surface area contributed by atoms with E-state index < -0.39 is 43.0 Å². The molecule has 1 rings (SSSR count). The standard InChI is InChI=1S/C12H14F3O7P/c1-20-12(21-2,10(16)7-23(17,18)19)22-9-5-3-4-8(6-9)11(13,14)15/h3-6H,7H2,1-2H3,(H2,17,18,19)/p-2. The molecule has 0 bridgehead atoms. The van der Waals surface area contributed by atoms with E-state index in [0.29, 0.717) is 6.07 Å². The molecule has 0 unspecified atom stereocenters. The first-order valence-electron chi connectivity index (χ1n) is 5.94. The number of carbonyl (C=O) groups excluding carboxylic acids is 1. The average Bonchev–Trinajstić information content (AvgIpc) is 2.42. The normalized spacial score (nSPS) is 13.0. The number of halogens is 3. The molecule has 0 radical (unpaired) electrons. The van der Waals surface area contributed by atoms with E-state index in [9.17, 15) is 32.3 Å². The molecule has 130 valence electrons. The molecule has 0 saturated carbocycles. The maximum absolute atomic E-state index is 12.6. The number of carbonyl (C=O) groups is 1. The van der Waals surface area contributed by atoms with Crippen LogP contribution in [0, 0.1) is 0 Å². The highest BCUT2D eigenvalue weighted by atomic mass is 31.2. The first kappa shape index (κ1) is 19.6. The Morgan fingerprint density at radius 3 is 2.22 bits per heavy atom. The van der Waals surface area contributed by atoms with Crippen LogP contribution in [0.25, 0.3) is 0 Å². The molecule has 0 aromatic heterocycles. The zero-order valence-electron chi connectivity index (χ0n) is 12.0. The number of Topliss-reactive ketones (excluding diaryl/α,β-unsaturated/α-hetero) is 1. The number of benzene rings is 1. The third-order valence-corrected chi connectivity index (χ3v) is 3.30. The summed E-state index contributed by atoms with van der Waals surface area (Å²) in [6, 6.07) is 3.40. The lowest BCUT2D eigenvalue weighted by Crippen LogP contribution is -2.50. The predicted octanol–water partition coefficient (Wildman–Crippen LogP) is 0.514. The summed E-state index contributed by atoms with van der Waals surface area (Å²) < 4.78 is 62.9. The van der Waals surface area contributed by atoms with E-state index in [0.717, 1.165) is 32.4 Å². The third-order valence-electron chi connectivity index (χ3n) is 2.63. The van der Waals surface area contributed by atoms with Crippen molar-refractivity contribution in [1.82, 2.24) is 0 Å². The second-order valence-corrected chi connectivity index (χ2v) is 5.82. The van der Waals surface area contributed by atoms with Gasteiger partial charge in [0.15, 0.2) is 0 Å². The van der Waals surface area contributed by atoms with Gasteiger partial charge in [-0.2, -0.15) is 13.2 Å². The van der Waals surface area contributed by atoms with Crippen molar-refractivity contribution in [3.8, 4) is 5.75 Å². The van der Waals surface area contributed by atoms with Gasteiger partial charge in [0, 0.05) is 20.4 Å². The molecule has 11 heteroatoms. The van der Waals surface area contributed by atoms with Crippen molar-refractivity contribution in [3.63, 3.8) is 0 Å². The highest BCUT2D eigenvalue weighted by Crippen LogP contribution is 2.33. The van der Waals surface area contributed by atoms with Gasteiger partial charge in [-0.15, -0.1) is 0 Å². The van der Waals surface area contributed by atoms with Crippen LogP contribution in [0.5, 0.6) is 5.75 Å². The summed E-state index contributed by atoms with van der Waals surface area (Å²) in [5, 5.41) is 0. The molecule has 1 aromatic rings. The maximum Gasteiger partial charge on any atom is 0.416 e. The van der Waals surface area contributed by atoms with Crippen LogP contribution in [0.15, 0.2) is 24.3 Å². The Bertz CT molecular complexity index is 607. The molecule has 7 nitrogen and oxygen atoms in total. The van der Waals surface area contributed by atoms with Gasteiger partial charge in [0.2, 0.25) is 5.78 Å². The first-order valence-corrected chi connectivity index (χ1v) is 7.67. The van der Waals surface area contributed by atoms with Crippen LogP contribution in [0.3, 0.4) is 0 Å². The summed E-state index contributed by atoms with van der Waals surface area (Å²) in [4.78, 5) is 33.2. The van der Waals surface area contributed by atoms with Crippen LogP contribution < -0.4 is 14.5 Å². The molecule has 0 N–H and O–H groups in total. The summed E-state index contributed by atoms with van der Waals surface area (Å²) in [6.07, 6.45) is -6.15. The van der Waals surface area contributed by atoms with Gasteiger partial charge in [-0.25, -0.2) is 0 Å². The average molecular weight is 356 g/mol. The van der Waals surface area contributed by atoms with E-state index in [2.05, 4.69) is 9.47 Å². The molecule has 0 aliphatic carbocycles. The van der Waals surface area contributed by atoms with Gasteiger partial charge in [0.1, 0.15) is 5.75 Å². The van der Waals surface area contributed by atoms with Gasteiger partial charge in [-0.05, 0) is 18.2 Å². The fourth-order valence-electron chi connectivity index (χ4n) is 1.62. The molecular formula is C12H12F3O7P-2. The lowest BCUT2D eigenvalue weighted by molar-refractivity contribution is -0.317. The molecular weight excluding hydrogens is 344 g/mol. The fourth-order valence-corrected chi connectivity index (χ4v) is 2.16. The van der Waals surface area contributed by atoms with Crippen molar-refractivity contribution in [3.05, 3.63) is 29.8 Å². The summed E-state index contributed by atoms with van der Waals surface area (Å²) >= 11 is 0. The van der Waals surface area contributed by atoms with E-state index >= 15 is 0 Å². The molecule has 1 aromatic carbocycles. The minimum absolute atomic E-state index is 0.469. The Morgan fingerprint density at radius 2 is 1.78 bits per heavy atom.